The van der Waals surface area contributed by atoms with Crippen LogP contribution in [-0.2, 0) is 16.7 Å². The molecule has 4 heteroatoms. The van der Waals surface area contributed by atoms with E-state index in [2.05, 4.69) is 10.9 Å². The summed E-state index contributed by atoms with van der Waals surface area (Å²) in [7, 11) is -3.91. The third kappa shape index (κ3) is 3.48. The van der Waals surface area contributed by atoms with Crippen LogP contribution in [0, 0.1) is 0 Å². The lowest BCUT2D eigenvalue weighted by Crippen LogP contribution is -1.94. The van der Waals surface area contributed by atoms with Crippen LogP contribution in [0.3, 0.4) is 0 Å². The van der Waals surface area contributed by atoms with E-state index in [4.69, 9.17) is 0 Å². The molecule has 3 aromatic carbocycles. The zero-order chi connectivity index (χ0) is 16.3. The van der Waals surface area contributed by atoms with E-state index in [9.17, 15) is 8.09 Å². The SMILES string of the molecule is C=Cc1ccc(CN=[S@](=O)(F)c2ccc3ccccc3c2)cc1. The van der Waals surface area contributed by atoms with E-state index >= 15 is 0 Å². The molecular weight excluding hydrogens is 309 g/mol. The van der Waals surface area contributed by atoms with E-state index < -0.39 is 10.1 Å². The first kappa shape index (κ1) is 15.4. The van der Waals surface area contributed by atoms with Gasteiger partial charge in [-0.2, -0.15) is 0 Å². The van der Waals surface area contributed by atoms with Gasteiger partial charge < -0.3 is 0 Å². The van der Waals surface area contributed by atoms with E-state index in [1.165, 1.54) is 6.07 Å². The molecule has 0 aliphatic carbocycles. The van der Waals surface area contributed by atoms with Gasteiger partial charge in [0.05, 0.1) is 11.4 Å². The number of fused-ring (bicyclic) bond motifs is 1. The Kier molecular flexibility index (Phi) is 4.26. The number of benzene rings is 3. The quantitative estimate of drug-likeness (QED) is 0.591. The van der Waals surface area contributed by atoms with E-state index in [0.29, 0.717) is 0 Å². The van der Waals surface area contributed by atoms with Crippen LogP contribution in [-0.4, -0.2) is 4.21 Å². The van der Waals surface area contributed by atoms with Crippen LogP contribution in [0.15, 0.2) is 82.6 Å². The van der Waals surface area contributed by atoms with Gasteiger partial charge in [-0.15, -0.1) is 3.89 Å². The molecule has 1 atom stereocenters. The molecule has 0 fully saturated rings. The molecule has 2 nitrogen and oxygen atoms in total. The molecule has 116 valence electrons. The molecule has 3 rings (SSSR count). The second kappa shape index (κ2) is 6.34. The van der Waals surface area contributed by atoms with Gasteiger partial charge >= 0.3 is 0 Å². The van der Waals surface area contributed by atoms with Crippen molar-refractivity contribution >= 4 is 27.0 Å². The van der Waals surface area contributed by atoms with E-state index in [1.807, 2.05) is 48.5 Å². The molecule has 0 heterocycles. The molecule has 23 heavy (non-hydrogen) atoms. The largest absolute Gasteiger partial charge is 0.231 e. The van der Waals surface area contributed by atoms with Crippen molar-refractivity contribution in [1.29, 1.82) is 0 Å². The summed E-state index contributed by atoms with van der Waals surface area (Å²) in [5.41, 5.74) is 1.78. The molecule has 0 amide bonds. The predicted molar refractivity (Wildman–Crippen MR) is 94.1 cm³/mol. The Hall–Kier alpha value is -2.46. The van der Waals surface area contributed by atoms with Gasteiger partial charge in [-0.25, -0.2) is 8.57 Å². The van der Waals surface area contributed by atoms with Crippen molar-refractivity contribution in [3.05, 3.63) is 84.4 Å². The molecule has 0 radical (unpaired) electrons. The van der Waals surface area contributed by atoms with Gasteiger partial charge in [0.15, 0.2) is 0 Å². The molecule has 0 aromatic heterocycles. The monoisotopic (exact) mass is 325 g/mol. The second-order valence-corrected chi connectivity index (χ2v) is 6.85. The second-order valence-electron chi connectivity index (χ2n) is 5.20. The minimum absolute atomic E-state index is 0.0690. The molecule has 0 aliphatic rings. The van der Waals surface area contributed by atoms with E-state index in [-0.39, 0.29) is 11.4 Å². The van der Waals surface area contributed by atoms with Crippen molar-refractivity contribution in [3.8, 4) is 0 Å². The minimum Gasteiger partial charge on any atom is -0.211 e. The van der Waals surface area contributed by atoms with Crippen molar-refractivity contribution in [2.24, 2.45) is 4.36 Å². The standard InChI is InChI=1S/C19H16FNOS/c1-2-15-7-9-16(10-8-15)14-21-23(20,22)19-12-11-17-5-3-4-6-18(17)13-19/h2-13H,1,14H2/t23-/m1/s1. The van der Waals surface area contributed by atoms with Crippen molar-refractivity contribution in [2.75, 3.05) is 0 Å². The summed E-state index contributed by atoms with van der Waals surface area (Å²) in [5.74, 6) is 0. The zero-order valence-electron chi connectivity index (χ0n) is 12.5. The normalized spacial score (nSPS) is 13.4. The Morgan fingerprint density at radius 1 is 1.00 bits per heavy atom. The van der Waals surface area contributed by atoms with Gasteiger partial charge in [-0.05, 0) is 34.0 Å². The first-order chi connectivity index (χ1) is 11.1. The maximum Gasteiger partial charge on any atom is 0.231 e. The fourth-order valence-corrected chi connectivity index (χ4v) is 3.29. The lowest BCUT2D eigenvalue weighted by atomic mass is 10.1. The minimum atomic E-state index is -3.91. The summed E-state index contributed by atoms with van der Waals surface area (Å²) < 4.78 is 30.6. The van der Waals surface area contributed by atoms with Crippen LogP contribution in [0.5, 0.6) is 0 Å². The Morgan fingerprint density at radius 2 is 1.70 bits per heavy atom. The van der Waals surface area contributed by atoms with Gasteiger partial charge in [0, 0.05) is 0 Å². The average molecular weight is 325 g/mol. The molecule has 0 spiro atoms. The summed E-state index contributed by atoms with van der Waals surface area (Å²) in [4.78, 5) is 0.110. The molecule has 0 aliphatic heterocycles. The molecule has 0 unspecified atom stereocenters. The summed E-state index contributed by atoms with van der Waals surface area (Å²) in [5, 5.41) is 1.83. The Bertz CT molecular complexity index is 970. The first-order valence-electron chi connectivity index (χ1n) is 7.21. The van der Waals surface area contributed by atoms with E-state index in [0.717, 1.165) is 21.9 Å². The summed E-state index contributed by atoms with van der Waals surface area (Å²) >= 11 is 0. The van der Waals surface area contributed by atoms with Crippen molar-refractivity contribution in [3.63, 3.8) is 0 Å². The van der Waals surface area contributed by atoms with Crippen LogP contribution in [0.2, 0.25) is 0 Å². The Morgan fingerprint density at radius 3 is 2.39 bits per heavy atom. The average Bonchev–Trinajstić information content (AvgIpc) is 2.60. The van der Waals surface area contributed by atoms with Gasteiger partial charge in [0.25, 0.3) is 0 Å². The molecule has 3 aromatic rings. The van der Waals surface area contributed by atoms with Crippen LogP contribution in [0.1, 0.15) is 11.1 Å². The highest BCUT2D eigenvalue weighted by Gasteiger charge is 2.11. The molecular formula is C19H16FNOS. The molecule has 0 saturated heterocycles. The van der Waals surface area contributed by atoms with Gasteiger partial charge in [-0.1, -0.05) is 67.3 Å². The Balaban J connectivity index is 1.91. The topological polar surface area (TPSA) is 29.4 Å². The van der Waals surface area contributed by atoms with Gasteiger partial charge in [-0.3, -0.25) is 0 Å². The third-order valence-electron chi connectivity index (χ3n) is 3.64. The highest BCUT2D eigenvalue weighted by molar-refractivity contribution is 7.88. The lowest BCUT2D eigenvalue weighted by molar-refractivity contribution is 0.635. The fourth-order valence-electron chi connectivity index (χ4n) is 2.32. The number of halogens is 1. The van der Waals surface area contributed by atoms with Gasteiger partial charge in [0.2, 0.25) is 10.1 Å². The lowest BCUT2D eigenvalue weighted by Gasteiger charge is -2.04. The number of hydrogen-bond acceptors (Lipinski definition) is 2. The summed E-state index contributed by atoms with van der Waals surface area (Å²) in [6.07, 6.45) is 1.73. The first-order valence-corrected chi connectivity index (χ1v) is 8.63. The summed E-state index contributed by atoms with van der Waals surface area (Å²) in [6.45, 7) is 3.75. The highest BCUT2D eigenvalue weighted by atomic mass is 32.3. The number of hydrogen-bond donors (Lipinski definition) is 0. The highest BCUT2D eigenvalue weighted by Crippen LogP contribution is 2.22. The zero-order valence-corrected chi connectivity index (χ0v) is 13.3. The van der Waals surface area contributed by atoms with Crippen molar-refractivity contribution < 1.29 is 8.09 Å². The van der Waals surface area contributed by atoms with Crippen LogP contribution in [0.25, 0.3) is 16.8 Å². The molecule has 0 bridgehead atoms. The Labute approximate surface area is 135 Å². The summed E-state index contributed by atoms with van der Waals surface area (Å²) in [6, 6.07) is 19.9. The van der Waals surface area contributed by atoms with Crippen molar-refractivity contribution in [1.82, 2.24) is 0 Å². The van der Waals surface area contributed by atoms with Crippen LogP contribution < -0.4 is 0 Å². The number of rotatable bonds is 4. The van der Waals surface area contributed by atoms with Crippen molar-refractivity contribution in [2.45, 2.75) is 11.4 Å². The fraction of sp³-hybridized carbons (Fsp3) is 0.0526. The molecule has 0 saturated carbocycles. The maximum absolute atomic E-state index is 14.5. The van der Waals surface area contributed by atoms with Crippen LogP contribution >= 0.6 is 0 Å². The third-order valence-corrected chi connectivity index (χ3v) is 4.94. The van der Waals surface area contributed by atoms with Gasteiger partial charge in [0.1, 0.15) is 0 Å². The molecule has 0 N–H and O–H groups in total. The smallest absolute Gasteiger partial charge is 0.211 e. The predicted octanol–water partition coefficient (Wildman–Crippen LogP) is 5.39. The van der Waals surface area contributed by atoms with Crippen LogP contribution in [0.4, 0.5) is 3.89 Å². The number of nitrogens with zero attached hydrogens (tertiary/aromatic N) is 1. The maximum atomic E-state index is 14.5. The van der Waals surface area contributed by atoms with E-state index in [1.54, 1.807) is 18.2 Å².